The number of ether oxygens (including phenoxy) is 3. The summed E-state index contributed by atoms with van der Waals surface area (Å²) in [5.41, 5.74) is 2.40. The summed E-state index contributed by atoms with van der Waals surface area (Å²) in [6, 6.07) is 11.1. The fraction of sp³-hybridized carbons (Fsp3) is 0.278. The molecule has 0 aliphatic heterocycles. The SMILES string of the molecule is COc1cc(CNC(=O)Cn2nnc3ccccc32)cc(OC)c1OC. The van der Waals surface area contributed by atoms with Crippen LogP contribution >= 0.6 is 0 Å². The van der Waals surface area contributed by atoms with E-state index in [1.807, 2.05) is 24.3 Å². The standard InChI is InChI=1S/C18H20N4O4/c1-24-15-8-12(9-16(25-2)18(15)26-3)10-19-17(23)11-22-14-7-5-4-6-13(14)20-21-22/h4-9H,10-11H2,1-3H3,(H,19,23). The van der Waals surface area contributed by atoms with Crippen molar-refractivity contribution in [1.29, 1.82) is 0 Å². The van der Waals surface area contributed by atoms with E-state index in [2.05, 4.69) is 15.6 Å². The molecule has 0 saturated heterocycles. The summed E-state index contributed by atoms with van der Waals surface area (Å²) in [6.07, 6.45) is 0. The summed E-state index contributed by atoms with van der Waals surface area (Å²) in [6.45, 7) is 0.410. The number of hydrogen-bond donors (Lipinski definition) is 1. The number of carbonyl (C=O) groups is 1. The molecule has 0 radical (unpaired) electrons. The number of fused-ring (bicyclic) bond motifs is 1. The van der Waals surface area contributed by atoms with E-state index in [9.17, 15) is 4.79 Å². The van der Waals surface area contributed by atoms with Crippen molar-refractivity contribution >= 4 is 16.9 Å². The lowest BCUT2D eigenvalue weighted by atomic mass is 10.1. The first-order valence-electron chi connectivity index (χ1n) is 8.00. The summed E-state index contributed by atoms with van der Waals surface area (Å²) < 4.78 is 17.5. The van der Waals surface area contributed by atoms with E-state index in [4.69, 9.17) is 14.2 Å². The lowest BCUT2D eigenvalue weighted by Crippen LogP contribution is -2.27. The molecule has 1 heterocycles. The van der Waals surface area contributed by atoms with E-state index in [0.29, 0.717) is 23.8 Å². The molecule has 0 saturated carbocycles. The Hall–Kier alpha value is -3.29. The molecule has 0 fully saturated rings. The number of nitrogens with zero attached hydrogens (tertiary/aromatic N) is 3. The van der Waals surface area contributed by atoms with Gasteiger partial charge in [0.15, 0.2) is 11.5 Å². The minimum Gasteiger partial charge on any atom is -0.493 e. The van der Waals surface area contributed by atoms with Gasteiger partial charge in [-0.25, -0.2) is 4.68 Å². The molecule has 1 aromatic heterocycles. The number of benzene rings is 2. The third-order valence-electron chi connectivity index (χ3n) is 3.93. The van der Waals surface area contributed by atoms with Crippen LogP contribution in [0.25, 0.3) is 11.0 Å². The minimum absolute atomic E-state index is 0.0882. The molecular weight excluding hydrogens is 336 g/mol. The van der Waals surface area contributed by atoms with Crippen LogP contribution in [-0.4, -0.2) is 42.2 Å². The van der Waals surface area contributed by atoms with E-state index >= 15 is 0 Å². The lowest BCUT2D eigenvalue weighted by molar-refractivity contribution is -0.121. The number of carbonyl (C=O) groups excluding carboxylic acids is 1. The highest BCUT2D eigenvalue weighted by Crippen LogP contribution is 2.38. The highest BCUT2D eigenvalue weighted by molar-refractivity contribution is 5.79. The predicted octanol–water partition coefficient (Wildman–Crippen LogP) is 1.77. The van der Waals surface area contributed by atoms with Crippen molar-refractivity contribution in [1.82, 2.24) is 20.3 Å². The summed E-state index contributed by atoms with van der Waals surface area (Å²) >= 11 is 0. The van der Waals surface area contributed by atoms with Gasteiger partial charge in [-0.05, 0) is 29.8 Å². The molecule has 0 aliphatic rings. The van der Waals surface area contributed by atoms with Gasteiger partial charge in [0, 0.05) is 6.54 Å². The molecule has 26 heavy (non-hydrogen) atoms. The Balaban J connectivity index is 1.69. The Morgan fingerprint density at radius 3 is 2.42 bits per heavy atom. The molecule has 1 amide bonds. The van der Waals surface area contributed by atoms with Crippen LogP contribution in [0.5, 0.6) is 17.2 Å². The zero-order valence-corrected chi connectivity index (χ0v) is 14.9. The summed E-state index contributed by atoms with van der Waals surface area (Å²) in [7, 11) is 4.65. The number of hydrogen-bond acceptors (Lipinski definition) is 6. The van der Waals surface area contributed by atoms with Gasteiger partial charge < -0.3 is 19.5 Å². The summed E-state index contributed by atoms with van der Waals surface area (Å²) in [5.74, 6) is 1.42. The zero-order chi connectivity index (χ0) is 18.5. The van der Waals surface area contributed by atoms with E-state index in [1.165, 1.54) is 0 Å². The lowest BCUT2D eigenvalue weighted by Gasteiger charge is -2.14. The zero-order valence-electron chi connectivity index (χ0n) is 14.9. The van der Waals surface area contributed by atoms with E-state index < -0.39 is 0 Å². The van der Waals surface area contributed by atoms with Crippen molar-refractivity contribution in [2.75, 3.05) is 21.3 Å². The van der Waals surface area contributed by atoms with Crippen LogP contribution in [0.15, 0.2) is 36.4 Å². The van der Waals surface area contributed by atoms with Gasteiger partial charge in [-0.3, -0.25) is 4.79 Å². The van der Waals surface area contributed by atoms with Gasteiger partial charge in [0.1, 0.15) is 12.1 Å². The summed E-state index contributed by atoms with van der Waals surface area (Å²) in [5, 5.41) is 10.9. The van der Waals surface area contributed by atoms with Crippen LogP contribution in [0.2, 0.25) is 0 Å². The van der Waals surface area contributed by atoms with Crippen molar-refractivity contribution in [3.8, 4) is 17.2 Å². The van der Waals surface area contributed by atoms with Gasteiger partial charge in [-0.1, -0.05) is 17.3 Å². The molecule has 2 aromatic carbocycles. The largest absolute Gasteiger partial charge is 0.493 e. The highest BCUT2D eigenvalue weighted by Gasteiger charge is 2.14. The van der Waals surface area contributed by atoms with E-state index in [-0.39, 0.29) is 12.5 Å². The van der Waals surface area contributed by atoms with Gasteiger partial charge in [0.05, 0.1) is 26.8 Å². The van der Waals surface area contributed by atoms with Crippen molar-refractivity contribution < 1.29 is 19.0 Å². The Morgan fingerprint density at radius 2 is 1.77 bits per heavy atom. The second-order valence-corrected chi connectivity index (χ2v) is 5.55. The maximum absolute atomic E-state index is 12.3. The minimum atomic E-state index is -0.172. The highest BCUT2D eigenvalue weighted by atomic mass is 16.5. The number of rotatable bonds is 7. The number of nitrogens with one attached hydrogen (secondary N) is 1. The smallest absolute Gasteiger partial charge is 0.242 e. The van der Waals surface area contributed by atoms with Gasteiger partial charge >= 0.3 is 0 Å². The maximum Gasteiger partial charge on any atom is 0.242 e. The van der Waals surface area contributed by atoms with Crippen molar-refractivity contribution in [2.24, 2.45) is 0 Å². The van der Waals surface area contributed by atoms with E-state index in [0.717, 1.165) is 16.6 Å². The number of para-hydroxylation sites is 1. The Kier molecular flexibility index (Phi) is 5.21. The second-order valence-electron chi connectivity index (χ2n) is 5.55. The van der Waals surface area contributed by atoms with Crippen molar-refractivity contribution in [3.05, 3.63) is 42.0 Å². The quantitative estimate of drug-likeness (QED) is 0.694. The first kappa shape index (κ1) is 17.5. The monoisotopic (exact) mass is 356 g/mol. The molecule has 0 unspecified atom stereocenters. The molecule has 3 rings (SSSR count). The predicted molar refractivity (Wildman–Crippen MR) is 95.5 cm³/mol. The van der Waals surface area contributed by atoms with Gasteiger partial charge in [0.2, 0.25) is 11.7 Å². The number of aromatic nitrogens is 3. The van der Waals surface area contributed by atoms with Crippen molar-refractivity contribution in [2.45, 2.75) is 13.1 Å². The van der Waals surface area contributed by atoms with E-state index in [1.54, 1.807) is 38.1 Å². The first-order chi connectivity index (χ1) is 12.7. The molecule has 0 aliphatic carbocycles. The van der Waals surface area contributed by atoms with Crippen LogP contribution in [0.3, 0.4) is 0 Å². The molecular formula is C18H20N4O4. The molecule has 136 valence electrons. The molecule has 1 N–H and O–H groups in total. The molecule has 0 spiro atoms. The fourth-order valence-electron chi connectivity index (χ4n) is 2.66. The number of amides is 1. The summed E-state index contributed by atoms with van der Waals surface area (Å²) in [4.78, 5) is 12.3. The maximum atomic E-state index is 12.3. The van der Waals surface area contributed by atoms with Crippen LogP contribution in [0, 0.1) is 0 Å². The topological polar surface area (TPSA) is 87.5 Å². The van der Waals surface area contributed by atoms with Gasteiger partial charge in [-0.15, -0.1) is 5.10 Å². The Morgan fingerprint density at radius 1 is 1.08 bits per heavy atom. The van der Waals surface area contributed by atoms with Crippen LogP contribution in [0.4, 0.5) is 0 Å². The van der Waals surface area contributed by atoms with Crippen molar-refractivity contribution in [3.63, 3.8) is 0 Å². The first-order valence-corrected chi connectivity index (χ1v) is 8.00. The normalized spacial score (nSPS) is 10.6. The van der Waals surface area contributed by atoms with Crippen LogP contribution in [0.1, 0.15) is 5.56 Å². The third-order valence-corrected chi connectivity index (χ3v) is 3.93. The Labute approximate surface area is 150 Å². The van der Waals surface area contributed by atoms with Crippen LogP contribution in [-0.2, 0) is 17.9 Å². The number of methoxy groups -OCH3 is 3. The van der Waals surface area contributed by atoms with Crippen LogP contribution < -0.4 is 19.5 Å². The van der Waals surface area contributed by atoms with Gasteiger partial charge in [0.25, 0.3) is 0 Å². The average molecular weight is 356 g/mol. The molecule has 3 aromatic rings. The molecule has 0 bridgehead atoms. The molecule has 8 heteroatoms. The van der Waals surface area contributed by atoms with Gasteiger partial charge in [-0.2, -0.15) is 0 Å². The molecule has 8 nitrogen and oxygen atoms in total. The molecule has 0 atom stereocenters. The fourth-order valence-corrected chi connectivity index (χ4v) is 2.66. The third kappa shape index (κ3) is 3.53. The Bertz CT molecular complexity index is 897. The second kappa shape index (κ2) is 7.73. The average Bonchev–Trinajstić information content (AvgIpc) is 3.08.